The first kappa shape index (κ1) is 27.1. The summed E-state index contributed by atoms with van der Waals surface area (Å²) in [6, 6.07) is 16.3. The zero-order valence-electron chi connectivity index (χ0n) is 22.1. The fourth-order valence-corrected chi connectivity index (χ4v) is 6.73. The molecule has 0 radical (unpaired) electrons. The number of amides is 3. The molecule has 0 bridgehead atoms. The van der Waals surface area contributed by atoms with Crippen molar-refractivity contribution in [1.29, 1.82) is 0 Å². The van der Waals surface area contributed by atoms with E-state index >= 15 is 0 Å². The number of hydrogen-bond acceptors (Lipinski definition) is 8. The van der Waals surface area contributed by atoms with Crippen LogP contribution >= 0.6 is 23.1 Å². The molecule has 2 fully saturated rings. The number of nitrogens with one attached hydrogen (secondary N) is 3. The first-order valence-corrected chi connectivity index (χ1v) is 15.4. The number of carbonyl (C=O) groups excluding carboxylic acids is 3. The lowest BCUT2D eigenvalue weighted by atomic mass is 10.1. The van der Waals surface area contributed by atoms with E-state index in [1.54, 1.807) is 12.1 Å². The van der Waals surface area contributed by atoms with Gasteiger partial charge >= 0.3 is 6.09 Å². The van der Waals surface area contributed by atoms with Gasteiger partial charge in [-0.1, -0.05) is 48.5 Å². The van der Waals surface area contributed by atoms with Gasteiger partial charge in [-0.15, -0.1) is 23.1 Å². The van der Waals surface area contributed by atoms with Gasteiger partial charge in [0.25, 0.3) is 5.91 Å². The highest BCUT2D eigenvalue weighted by atomic mass is 32.2. The molecule has 1 unspecified atom stereocenters. The van der Waals surface area contributed by atoms with E-state index in [9.17, 15) is 14.4 Å². The molecule has 6 rings (SSSR count). The van der Waals surface area contributed by atoms with E-state index in [2.05, 4.69) is 20.9 Å². The van der Waals surface area contributed by atoms with Gasteiger partial charge in [0.1, 0.15) is 18.0 Å². The van der Waals surface area contributed by atoms with Gasteiger partial charge in [0.15, 0.2) is 5.13 Å². The summed E-state index contributed by atoms with van der Waals surface area (Å²) < 4.78 is 5.66. The number of benzene rings is 2. The van der Waals surface area contributed by atoms with Crippen molar-refractivity contribution < 1.29 is 19.1 Å². The molecule has 0 spiro atoms. The summed E-state index contributed by atoms with van der Waals surface area (Å²) in [6.45, 7) is 0.774. The number of dihydropyridines is 1. The lowest BCUT2D eigenvalue weighted by Crippen LogP contribution is -2.48. The third-order valence-electron chi connectivity index (χ3n) is 6.94. The number of hydrogen-bond donors (Lipinski definition) is 3. The van der Waals surface area contributed by atoms with Crippen LogP contribution in [0.1, 0.15) is 28.8 Å². The maximum absolute atomic E-state index is 13.5. The number of carbonyl (C=O) groups is 3. The van der Waals surface area contributed by atoms with Crippen LogP contribution < -0.4 is 16.0 Å². The zero-order valence-corrected chi connectivity index (χ0v) is 23.8. The molecule has 1 saturated heterocycles. The molecule has 2 atom stereocenters. The molecule has 1 saturated carbocycles. The van der Waals surface area contributed by atoms with E-state index in [0.29, 0.717) is 34.7 Å². The van der Waals surface area contributed by atoms with E-state index in [4.69, 9.17) is 4.74 Å². The normalized spacial score (nSPS) is 19.7. The molecule has 11 heteroatoms. The fourth-order valence-electron chi connectivity index (χ4n) is 4.57. The monoisotopic (exact) mass is 587 g/mol. The summed E-state index contributed by atoms with van der Waals surface area (Å²) in [6.07, 6.45) is 7.32. The lowest BCUT2D eigenvalue weighted by Gasteiger charge is -2.29. The van der Waals surface area contributed by atoms with Crippen LogP contribution in [-0.2, 0) is 16.1 Å². The quantitative estimate of drug-likeness (QED) is 0.348. The number of thiazole rings is 1. The smallest absolute Gasteiger partial charge is 0.412 e. The Morgan fingerprint density at radius 1 is 1.07 bits per heavy atom. The van der Waals surface area contributed by atoms with Crippen molar-refractivity contribution in [3.8, 4) is 11.3 Å². The first-order valence-electron chi connectivity index (χ1n) is 13.4. The molecule has 3 aliphatic rings. The fraction of sp³-hybridized carbons (Fsp3) is 0.267. The Bertz CT molecular complexity index is 1480. The Morgan fingerprint density at radius 3 is 2.61 bits per heavy atom. The lowest BCUT2D eigenvalue weighted by molar-refractivity contribution is -0.120. The first-order chi connectivity index (χ1) is 20.0. The van der Waals surface area contributed by atoms with Crippen LogP contribution in [0.3, 0.4) is 0 Å². The van der Waals surface area contributed by atoms with Gasteiger partial charge in [0.05, 0.1) is 5.69 Å². The van der Waals surface area contributed by atoms with Crippen LogP contribution in [0.2, 0.25) is 0 Å². The summed E-state index contributed by atoms with van der Waals surface area (Å²) in [5, 5.41) is 11.0. The highest BCUT2D eigenvalue weighted by Crippen LogP contribution is 2.36. The molecule has 1 aromatic heterocycles. The minimum absolute atomic E-state index is 0.0689. The summed E-state index contributed by atoms with van der Waals surface area (Å²) in [5.74, 6) is 0.0433. The molecule has 210 valence electrons. The summed E-state index contributed by atoms with van der Waals surface area (Å²) in [5.41, 5.74) is 3.97. The average molecular weight is 588 g/mol. The van der Waals surface area contributed by atoms with E-state index in [1.807, 2.05) is 66.2 Å². The summed E-state index contributed by atoms with van der Waals surface area (Å²) in [7, 11) is 0. The molecule has 2 aliphatic heterocycles. The van der Waals surface area contributed by atoms with Crippen molar-refractivity contribution in [2.24, 2.45) is 0 Å². The largest absolute Gasteiger partial charge is 0.444 e. The van der Waals surface area contributed by atoms with E-state index in [-0.39, 0.29) is 23.8 Å². The van der Waals surface area contributed by atoms with Crippen molar-refractivity contribution in [2.45, 2.75) is 36.9 Å². The van der Waals surface area contributed by atoms with Crippen molar-refractivity contribution in [3.63, 3.8) is 0 Å². The Morgan fingerprint density at radius 2 is 1.88 bits per heavy atom. The van der Waals surface area contributed by atoms with Gasteiger partial charge in [-0.25, -0.2) is 9.78 Å². The third kappa shape index (κ3) is 6.47. The number of thioether (sulfide) groups is 1. The molecule has 3 amide bonds. The Kier molecular flexibility index (Phi) is 8.06. The number of anilines is 1. The van der Waals surface area contributed by atoms with Crippen molar-refractivity contribution >= 4 is 46.1 Å². The van der Waals surface area contributed by atoms with Crippen molar-refractivity contribution in [1.82, 2.24) is 20.5 Å². The van der Waals surface area contributed by atoms with Gasteiger partial charge in [-0.2, -0.15) is 0 Å². The minimum Gasteiger partial charge on any atom is -0.444 e. The number of nitrogens with zero attached hydrogens (tertiary/aromatic N) is 2. The van der Waals surface area contributed by atoms with E-state index < -0.39 is 12.1 Å². The van der Waals surface area contributed by atoms with E-state index in [0.717, 1.165) is 29.5 Å². The van der Waals surface area contributed by atoms with Crippen molar-refractivity contribution in [2.75, 3.05) is 17.6 Å². The SMILES string of the molecule is O=C(NC1CC1)c1ccc(-c2csc(NC(=O)[C@@H]3CSC(C4=CCNC=C4)N3C(=O)OCc3ccccc3)n2)cc1. The van der Waals surface area contributed by atoms with Gasteiger partial charge in [0, 0.05) is 34.8 Å². The van der Waals surface area contributed by atoms with Crippen LogP contribution in [0.5, 0.6) is 0 Å². The number of aromatic nitrogens is 1. The topological polar surface area (TPSA) is 113 Å². The molecular formula is C30H29N5O4S2. The standard InChI is InChI=1S/C30H29N5O4S2/c36-26(32-23-10-11-23)21-8-6-20(7-9-21)24-17-41-29(33-24)34-27(37)25-18-40-28(22-12-14-31-15-13-22)35(25)30(38)39-16-19-4-2-1-3-5-19/h1-9,12-14,17,23,25,28,31H,10-11,15-16,18H2,(H,32,36)(H,33,34,37)/t25-,28?/m0/s1. The van der Waals surface area contributed by atoms with Crippen molar-refractivity contribution in [3.05, 3.63) is 95.0 Å². The van der Waals surface area contributed by atoms with Gasteiger partial charge in [0.2, 0.25) is 5.91 Å². The second kappa shape index (κ2) is 12.2. The predicted molar refractivity (Wildman–Crippen MR) is 160 cm³/mol. The second-order valence-electron chi connectivity index (χ2n) is 9.95. The molecule has 1 aliphatic carbocycles. The summed E-state index contributed by atoms with van der Waals surface area (Å²) >= 11 is 2.84. The Labute approximate surface area is 246 Å². The molecule has 2 aromatic carbocycles. The molecule has 3 N–H and O–H groups in total. The van der Waals surface area contributed by atoms with Crippen LogP contribution in [0.25, 0.3) is 11.3 Å². The third-order valence-corrected chi connectivity index (χ3v) is 9.02. The highest BCUT2D eigenvalue weighted by Gasteiger charge is 2.44. The number of ether oxygens (including phenoxy) is 1. The molecule has 3 heterocycles. The van der Waals surface area contributed by atoms with Crippen LogP contribution in [0, 0.1) is 0 Å². The minimum atomic E-state index is -0.728. The van der Waals surface area contributed by atoms with Crippen LogP contribution in [0.15, 0.2) is 83.9 Å². The molecular weight excluding hydrogens is 558 g/mol. The Balaban J connectivity index is 1.14. The highest BCUT2D eigenvalue weighted by molar-refractivity contribution is 8.00. The van der Waals surface area contributed by atoms with Crippen LogP contribution in [-0.4, -0.2) is 57.5 Å². The Hall–Kier alpha value is -4.09. The molecule has 3 aromatic rings. The molecule has 41 heavy (non-hydrogen) atoms. The maximum atomic E-state index is 13.5. The van der Waals surface area contributed by atoms with Gasteiger partial charge in [-0.05, 0) is 48.4 Å². The summed E-state index contributed by atoms with van der Waals surface area (Å²) in [4.78, 5) is 45.3. The predicted octanol–water partition coefficient (Wildman–Crippen LogP) is 4.76. The van der Waals surface area contributed by atoms with Gasteiger partial charge < -0.3 is 20.7 Å². The maximum Gasteiger partial charge on any atom is 0.412 e. The van der Waals surface area contributed by atoms with Crippen LogP contribution in [0.4, 0.5) is 9.93 Å². The average Bonchev–Trinajstić information content (AvgIpc) is 3.51. The second-order valence-corrected chi connectivity index (χ2v) is 11.9. The van der Waals surface area contributed by atoms with E-state index in [1.165, 1.54) is 28.0 Å². The number of rotatable bonds is 8. The van der Waals surface area contributed by atoms with Gasteiger partial charge in [-0.3, -0.25) is 14.5 Å². The zero-order chi connectivity index (χ0) is 28.2. The molecule has 9 nitrogen and oxygen atoms in total.